The Bertz CT molecular complexity index is 741. The Hall–Kier alpha value is -2.44. The molecule has 0 aliphatic heterocycles. The molecule has 3 rings (SSSR count). The van der Waals surface area contributed by atoms with E-state index in [1.165, 1.54) is 24.1 Å². The molecule has 1 aromatic heterocycles. The molecule has 1 aliphatic carbocycles. The normalized spacial score (nSPS) is 19.9. The highest BCUT2D eigenvalue weighted by atomic mass is 16.5. The zero-order valence-electron chi connectivity index (χ0n) is 16.4. The van der Waals surface area contributed by atoms with Crippen LogP contribution in [0, 0.1) is 11.8 Å². The molecule has 2 aromatic rings. The quantitative estimate of drug-likeness (QED) is 0.809. The van der Waals surface area contributed by atoms with Gasteiger partial charge in [0.2, 0.25) is 11.7 Å². The van der Waals surface area contributed by atoms with Crippen LogP contribution in [0.5, 0.6) is 5.75 Å². The number of hydrogen-bond donors (Lipinski definition) is 1. The second kappa shape index (κ2) is 8.97. The van der Waals surface area contributed by atoms with Crippen LogP contribution in [0.1, 0.15) is 46.5 Å². The first-order valence-corrected chi connectivity index (χ1v) is 9.81. The molecule has 0 spiro atoms. The summed E-state index contributed by atoms with van der Waals surface area (Å²) >= 11 is 0. The summed E-state index contributed by atoms with van der Waals surface area (Å²) in [5, 5.41) is 15.5. The lowest BCUT2D eigenvalue weighted by Crippen LogP contribution is -2.42. The topological polar surface area (TPSA) is 81.9 Å². The maximum Gasteiger partial charge on any atom is 0.243 e. The Labute approximate surface area is 160 Å². The van der Waals surface area contributed by atoms with Crippen LogP contribution < -0.4 is 10.1 Å². The minimum Gasteiger partial charge on any atom is -0.493 e. The second-order valence-electron chi connectivity index (χ2n) is 7.81. The van der Waals surface area contributed by atoms with Crippen molar-refractivity contribution in [1.29, 1.82) is 0 Å². The van der Waals surface area contributed by atoms with Crippen LogP contribution in [-0.2, 0) is 11.3 Å². The number of amides is 1. The Morgan fingerprint density at radius 3 is 2.70 bits per heavy atom. The van der Waals surface area contributed by atoms with Crippen LogP contribution in [0.2, 0.25) is 0 Å². The third-order valence-electron chi connectivity index (χ3n) is 4.89. The van der Waals surface area contributed by atoms with Gasteiger partial charge in [0.05, 0.1) is 6.61 Å². The molecule has 1 aliphatic rings. The smallest absolute Gasteiger partial charge is 0.243 e. The van der Waals surface area contributed by atoms with E-state index >= 15 is 0 Å². The zero-order valence-corrected chi connectivity index (χ0v) is 16.4. The van der Waals surface area contributed by atoms with Crippen molar-refractivity contribution in [3.8, 4) is 17.1 Å². The minimum atomic E-state index is -0.0601. The van der Waals surface area contributed by atoms with Crippen molar-refractivity contribution in [2.45, 2.75) is 59.0 Å². The average Bonchev–Trinajstić information content (AvgIpc) is 3.10. The standard InChI is InChI=1S/C20H29N5O2/c1-14(2)13-27-17-10-8-16(9-11-17)20-22-24-25(23-20)12-19(26)21-18-7-5-4-6-15(18)3/h8-11,14-15,18H,4-7,12-13H2,1-3H3,(H,21,26)/t15-,18+/m1/s1. The fraction of sp³-hybridized carbons (Fsp3) is 0.600. The molecule has 0 unspecified atom stereocenters. The van der Waals surface area contributed by atoms with Gasteiger partial charge in [0.15, 0.2) is 0 Å². The molecule has 2 atom stereocenters. The van der Waals surface area contributed by atoms with E-state index in [1.54, 1.807) is 0 Å². The molecule has 7 heteroatoms. The van der Waals surface area contributed by atoms with Crippen LogP contribution in [-0.4, -0.2) is 38.8 Å². The third kappa shape index (κ3) is 5.52. The average molecular weight is 371 g/mol. The van der Waals surface area contributed by atoms with Crippen molar-refractivity contribution in [2.75, 3.05) is 6.61 Å². The van der Waals surface area contributed by atoms with Crippen molar-refractivity contribution >= 4 is 5.91 Å². The molecule has 1 aromatic carbocycles. The Balaban J connectivity index is 1.55. The van der Waals surface area contributed by atoms with E-state index < -0.39 is 0 Å². The monoisotopic (exact) mass is 371 g/mol. The minimum absolute atomic E-state index is 0.0601. The van der Waals surface area contributed by atoms with E-state index in [4.69, 9.17) is 4.74 Å². The number of aromatic nitrogens is 4. The van der Waals surface area contributed by atoms with Gasteiger partial charge in [0, 0.05) is 11.6 Å². The molecule has 0 radical (unpaired) electrons. The summed E-state index contributed by atoms with van der Waals surface area (Å²) in [5.41, 5.74) is 0.847. The van der Waals surface area contributed by atoms with Gasteiger partial charge in [-0.3, -0.25) is 4.79 Å². The summed E-state index contributed by atoms with van der Waals surface area (Å²) in [7, 11) is 0. The van der Waals surface area contributed by atoms with Crippen molar-refractivity contribution in [1.82, 2.24) is 25.5 Å². The summed E-state index contributed by atoms with van der Waals surface area (Å²) in [5.74, 6) is 2.27. The first kappa shape index (κ1) is 19.3. The lowest BCUT2D eigenvalue weighted by Gasteiger charge is -2.29. The Morgan fingerprint density at radius 1 is 1.26 bits per heavy atom. The van der Waals surface area contributed by atoms with Crippen LogP contribution in [0.25, 0.3) is 11.4 Å². The first-order valence-electron chi connectivity index (χ1n) is 9.81. The summed E-state index contributed by atoms with van der Waals surface area (Å²) in [6.07, 6.45) is 4.66. The number of benzene rings is 1. The number of carbonyl (C=O) groups is 1. The largest absolute Gasteiger partial charge is 0.493 e. The number of rotatable bonds is 7. The number of nitrogens with one attached hydrogen (secondary N) is 1. The van der Waals surface area contributed by atoms with E-state index in [-0.39, 0.29) is 18.5 Å². The van der Waals surface area contributed by atoms with E-state index in [0.717, 1.165) is 17.7 Å². The van der Waals surface area contributed by atoms with E-state index in [1.807, 2.05) is 24.3 Å². The van der Waals surface area contributed by atoms with E-state index in [9.17, 15) is 4.79 Å². The molecule has 1 saturated carbocycles. The highest BCUT2D eigenvalue weighted by Crippen LogP contribution is 2.23. The van der Waals surface area contributed by atoms with Crippen molar-refractivity contribution < 1.29 is 9.53 Å². The van der Waals surface area contributed by atoms with Crippen molar-refractivity contribution in [2.24, 2.45) is 11.8 Å². The zero-order chi connectivity index (χ0) is 19.2. The molecule has 1 fully saturated rings. The Kier molecular flexibility index (Phi) is 6.42. The fourth-order valence-electron chi connectivity index (χ4n) is 3.30. The van der Waals surface area contributed by atoms with Gasteiger partial charge < -0.3 is 10.1 Å². The molecule has 27 heavy (non-hydrogen) atoms. The van der Waals surface area contributed by atoms with Gasteiger partial charge in [-0.15, -0.1) is 10.2 Å². The van der Waals surface area contributed by atoms with Crippen LogP contribution in [0.4, 0.5) is 0 Å². The number of nitrogens with zero attached hydrogens (tertiary/aromatic N) is 4. The van der Waals surface area contributed by atoms with Crippen molar-refractivity contribution in [3.05, 3.63) is 24.3 Å². The first-order chi connectivity index (χ1) is 13.0. The molecule has 1 N–H and O–H groups in total. The van der Waals surface area contributed by atoms with Gasteiger partial charge in [0.1, 0.15) is 12.3 Å². The molecular weight excluding hydrogens is 342 g/mol. The number of carbonyl (C=O) groups excluding carboxylic acids is 1. The maximum absolute atomic E-state index is 12.3. The van der Waals surface area contributed by atoms with Gasteiger partial charge in [-0.25, -0.2) is 0 Å². The number of hydrogen-bond acceptors (Lipinski definition) is 5. The molecule has 1 amide bonds. The SMILES string of the molecule is CC(C)COc1ccc(-c2nnn(CC(=O)N[C@H]3CCCC[C@H]3C)n2)cc1. The fourth-order valence-corrected chi connectivity index (χ4v) is 3.30. The lowest BCUT2D eigenvalue weighted by molar-refractivity contribution is -0.123. The van der Waals surface area contributed by atoms with Gasteiger partial charge in [-0.05, 0) is 54.2 Å². The molecule has 1 heterocycles. The number of ether oxygens (including phenoxy) is 1. The number of tetrazole rings is 1. The van der Waals surface area contributed by atoms with Gasteiger partial charge in [-0.1, -0.05) is 33.6 Å². The van der Waals surface area contributed by atoms with Gasteiger partial charge >= 0.3 is 0 Å². The molecule has 0 bridgehead atoms. The third-order valence-corrected chi connectivity index (χ3v) is 4.89. The molecule has 146 valence electrons. The summed E-state index contributed by atoms with van der Waals surface area (Å²) in [6.45, 7) is 7.20. The van der Waals surface area contributed by atoms with Gasteiger partial charge in [-0.2, -0.15) is 4.80 Å². The van der Waals surface area contributed by atoms with E-state index in [2.05, 4.69) is 41.5 Å². The molecule has 7 nitrogen and oxygen atoms in total. The summed E-state index contributed by atoms with van der Waals surface area (Å²) < 4.78 is 5.68. The molecular formula is C20H29N5O2. The lowest BCUT2D eigenvalue weighted by atomic mass is 9.86. The maximum atomic E-state index is 12.3. The van der Waals surface area contributed by atoms with Crippen LogP contribution in [0.3, 0.4) is 0 Å². The highest BCUT2D eigenvalue weighted by molar-refractivity contribution is 5.75. The summed E-state index contributed by atoms with van der Waals surface area (Å²) in [4.78, 5) is 13.6. The predicted octanol–water partition coefficient (Wildman–Crippen LogP) is 3.07. The van der Waals surface area contributed by atoms with Crippen LogP contribution in [0.15, 0.2) is 24.3 Å². The van der Waals surface area contributed by atoms with E-state index in [0.29, 0.717) is 24.3 Å². The highest BCUT2D eigenvalue weighted by Gasteiger charge is 2.23. The summed E-state index contributed by atoms with van der Waals surface area (Å²) in [6, 6.07) is 7.86. The molecule has 0 saturated heterocycles. The van der Waals surface area contributed by atoms with Gasteiger partial charge in [0.25, 0.3) is 0 Å². The van der Waals surface area contributed by atoms with Crippen LogP contribution >= 0.6 is 0 Å². The Morgan fingerprint density at radius 2 is 2.00 bits per heavy atom. The van der Waals surface area contributed by atoms with Crippen molar-refractivity contribution in [3.63, 3.8) is 0 Å². The second-order valence-corrected chi connectivity index (χ2v) is 7.81. The predicted molar refractivity (Wildman–Crippen MR) is 103 cm³/mol.